The molecule has 3 heteroatoms. The third kappa shape index (κ3) is 2.02. The van der Waals surface area contributed by atoms with Gasteiger partial charge in [0.1, 0.15) is 0 Å². The maximum absolute atomic E-state index is 5.23. The molecule has 1 heterocycles. The van der Waals surface area contributed by atoms with Crippen LogP contribution in [0.15, 0.2) is 30.5 Å². The second-order valence-electron chi connectivity index (χ2n) is 4.98. The molecule has 2 aliphatic carbocycles. The number of pyridine rings is 1. The lowest BCUT2D eigenvalue weighted by Gasteiger charge is -2.19. The normalized spacial score (nSPS) is 29.6. The van der Waals surface area contributed by atoms with Gasteiger partial charge in [0.05, 0.1) is 12.8 Å². The Kier molecular flexibility index (Phi) is 2.75. The van der Waals surface area contributed by atoms with E-state index in [-0.39, 0.29) is 0 Å². The topological polar surface area (TPSA) is 34.1 Å². The monoisotopic (exact) mass is 230 g/mol. The minimum absolute atomic E-state index is 0.686. The summed E-state index contributed by atoms with van der Waals surface area (Å²) in [6.45, 7) is 1.02. The summed E-state index contributed by atoms with van der Waals surface area (Å²) in [7, 11) is 1.66. The lowest BCUT2D eigenvalue weighted by Crippen LogP contribution is -2.18. The largest absolute Gasteiger partial charge is 0.480 e. The number of fused-ring (bicyclic) bond motifs is 2. The molecule has 17 heavy (non-hydrogen) atoms. The summed E-state index contributed by atoms with van der Waals surface area (Å²) in [6.07, 6.45) is 9.21. The van der Waals surface area contributed by atoms with Crippen molar-refractivity contribution in [3.8, 4) is 5.88 Å². The Morgan fingerprint density at radius 3 is 3.06 bits per heavy atom. The van der Waals surface area contributed by atoms with Crippen molar-refractivity contribution in [1.82, 2.24) is 4.98 Å². The van der Waals surface area contributed by atoms with Crippen molar-refractivity contribution in [2.75, 3.05) is 19.0 Å². The number of allylic oxidation sites excluding steroid dienone is 2. The maximum Gasteiger partial charge on any atom is 0.237 e. The molecule has 3 unspecified atom stereocenters. The van der Waals surface area contributed by atoms with Gasteiger partial charge in [0.15, 0.2) is 0 Å². The number of hydrogen-bond donors (Lipinski definition) is 1. The van der Waals surface area contributed by atoms with Gasteiger partial charge in [0, 0.05) is 12.7 Å². The van der Waals surface area contributed by atoms with Crippen molar-refractivity contribution in [3.63, 3.8) is 0 Å². The lowest BCUT2D eigenvalue weighted by atomic mass is 9.93. The van der Waals surface area contributed by atoms with E-state index in [1.165, 1.54) is 12.8 Å². The van der Waals surface area contributed by atoms with Crippen LogP contribution in [0.5, 0.6) is 5.88 Å². The van der Waals surface area contributed by atoms with Gasteiger partial charge in [0.2, 0.25) is 5.88 Å². The minimum atomic E-state index is 0.686. The molecule has 0 radical (unpaired) electrons. The molecular formula is C14H18N2O. The van der Waals surface area contributed by atoms with E-state index in [2.05, 4.69) is 22.5 Å². The van der Waals surface area contributed by atoms with Crippen LogP contribution in [0, 0.1) is 17.8 Å². The number of methoxy groups -OCH3 is 1. The molecule has 0 aliphatic heterocycles. The summed E-state index contributed by atoms with van der Waals surface area (Å²) in [6, 6.07) is 3.96. The van der Waals surface area contributed by atoms with Crippen molar-refractivity contribution in [2.24, 2.45) is 17.8 Å². The van der Waals surface area contributed by atoms with Gasteiger partial charge in [0.25, 0.3) is 0 Å². The number of rotatable bonds is 4. The average molecular weight is 230 g/mol. The fourth-order valence-electron chi connectivity index (χ4n) is 3.06. The van der Waals surface area contributed by atoms with Gasteiger partial charge >= 0.3 is 0 Å². The van der Waals surface area contributed by atoms with E-state index in [0.717, 1.165) is 30.0 Å². The Morgan fingerprint density at radius 1 is 1.41 bits per heavy atom. The van der Waals surface area contributed by atoms with Gasteiger partial charge < -0.3 is 10.1 Å². The molecule has 0 amide bonds. The van der Waals surface area contributed by atoms with E-state index in [4.69, 9.17) is 4.74 Å². The molecule has 0 saturated heterocycles. The predicted octanol–water partition coefficient (Wildman–Crippen LogP) is 2.71. The van der Waals surface area contributed by atoms with Crippen molar-refractivity contribution in [3.05, 3.63) is 30.5 Å². The molecule has 2 aliphatic rings. The fraction of sp³-hybridized carbons (Fsp3) is 0.500. The van der Waals surface area contributed by atoms with Crippen molar-refractivity contribution < 1.29 is 4.74 Å². The predicted molar refractivity (Wildman–Crippen MR) is 68.1 cm³/mol. The van der Waals surface area contributed by atoms with Crippen LogP contribution in [0.4, 0.5) is 5.69 Å². The molecule has 3 nitrogen and oxygen atoms in total. The van der Waals surface area contributed by atoms with Crippen LogP contribution in [-0.2, 0) is 0 Å². The number of nitrogens with one attached hydrogen (secondary N) is 1. The molecule has 1 N–H and O–H groups in total. The molecule has 0 aromatic carbocycles. The highest BCUT2D eigenvalue weighted by Gasteiger charge is 2.35. The van der Waals surface area contributed by atoms with E-state index >= 15 is 0 Å². The van der Waals surface area contributed by atoms with Gasteiger partial charge in [-0.15, -0.1) is 0 Å². The zero-order valence-electron chi connectivity index (χ0n) is 10.1. The molecule has 90 valence electrons. The SMILES string of the molecule is COc1ncccc1NCC1CC2C=CC1C2. The van der Waals surface area contributed by atoms with Crippen LogP contribution in [0.2, 0.25) is 0 Å². The number of aromatic nitrogens is 1. The molecule has 1 saturated carbocycles. The quantitative estimate of drug-likeness (QED) is 0.807. The van der Waals surface area contributed by atoms with E-state index in [1.54, 1.807) is 13.3 Å². The molecule has 3 atom stereocenters. The zero-order valence-corrected chi connectivity index (χ0v) is 10.1. The molecule has 1 aromatic rings. The number of hydrogen-bond acceptors (Lipinski definition) is 3. The first-order valence-electron chi connectivity index (χ1n) is 6.28. The summed E-state index contributed by atoms with van der Waals surface area (Å²) >= 11 is 0. The van der Waals surface area contributed by atoms with Crippen LogP contribution >= 0.6 is 0 Å². The zero-order chi connectivity index (χ0) is 11.7. The third-order valence-corrected chi connectivity index (χ3v) is 3.94. The third-order valence-electron chi connectivity index (χ3n) is 3.94. The number of nitrogens with zero attached hydrogens (tertiary/aromatic N) is 1. The summed E-state index contributed by atoms with van der Waals surface area (Å²) in [5, 5.41) is 3.47. The van der Waals surface area contributed by atoms with Gasteiger partial charge in [-0.1, -0.05) is 12.2 Å². The Bertz CT molecular complexity index is 430. The summed E-state index contributed by atoms with van der Waals surface area (Å²) < 4.78 is 5.23. The van der Waals surface area contributed by atoms with E-state index in [1.807, 2.05) is 12.1 Å². The first-order valence-corrected chi connectivity index (χ1v) is 6.28. The standard InChI is InChI=1S/C14H18N2O/c1-17-14-13(3-2-6-15-14)16-9-12-8-10-4-5-11(12)7-10/h2-6,10-12,16H,7-9H2,1H3. The van der Waals surface area contributed by atoms with Gasteiger partial charge in [-0.05, 0) is 42.7 Å². The maximum atomic E-state index is 5.23. The van der Waals surface area contributed by atoms with Crippen LogP contribution in [0.3, 0.4) is 0 Å². The summed E-state index contributed by atoms with van der Waals surface area (Å²) in [5.74, 6) is 3.08. The fourth-order valence-corrected chi connectivity index (χ4v) is 3.06. The second kappa shape index (κ2) is 4.40. The lowest BCUT2D eigenvalue weighted by molar-refractivity contribution is 0.398. The number of anilines is 1. The van der Waals surface area contributed by atoms with Gasteiger partial charge in [-0.25, -0.2) is 4.98 Å². The number of ether oxygens (including phenoxy) is 1. The Morgan fingerprint density at radius 2 is 2.35 bits per heavy atom. The van der Waals surface area contributed by atoms with Crippen molar-refractivity contribution in [2.45, 2.75) is 12.8 Å². The highest BCUT2D eigenvalue weighted by molar-refractivity contribution is 5.52. The molecule has 1 aromatic heterocycles. The van der Waals surface area contributed by atoms with Crippen LogP contribution < -0.4 is 10.1 Å². The Labute approximate surface area is 102 Å². The van der Waals surface area contributed by atoms with Gasteiger partial charge in [-0.3, -0.25) is 0 Å². The summed E-state index contributed by atoms with van der Waals surface area (Å²) in [5.41, 5.74) is 1.00. The molecule has 3 rings (SSSR count). The highest BCUT2D eigenvalue weighted by Crippen LogP contribution is 2.43. The highest BCUT2D eigenvalue weighted by atomic mass is 16.5. The van der Waals surface area contributed by atoms with Crippen molar-refractivity contribution >= 4 is 5.69 Å². The molecule has 0 spiro atoms. The van der Waals surface area contributed by atoms with Crippen molar-refractivity contribution in [1.29, 1.82) is 0 Å². The van der Waals surface area contributed by atoms with Gasteiger partial charge in [-0.2, -0.15) is 0 Å². The molecule has 1 fully saturated rings. The minimum Gasteiger partial charge on any atom is -0.480 e. The average Bonchev–Trinajstić information content (AvgIpc) is 2.98. The first kappa shape index (κ1) is 10.6. The Hall–Kier alpha value is -1.51. The molecular weight excluding hydrogens is 212 g/mol. The smallest absolute Gasteiger partial charge is 0.237 e. The molecule has 2 bridgehead atoms. The summed E-state index contributed by atoms with van der Waals surface area (Å²) in [4.78, 5) is 4.19. The Balaban J connectivity index is 1.62. The van der Waals surface area contributed by atoms with Crippen LogP contribution in [-0.4, -0.2) is 18.6 Å². The van der Waals surface area contributed by atoms with Crippen LogP contribution in [0.25, 0.3) is 0 Å². The van der Waals surface area contributed by atoms with Crippen LogP contribution in [0.1, 0.15) is 12.8 Å². The first-order chi connectivity index (χ1) is 8.36. The van der Waals surface area contributed by atoms with E-state index in [0.29, 0.717) is 5.88 Å². The second-order valence-corrected chi connectivity index (χ2v) is 4.98. The van der Waals surface area contributed by atoms with E-state index in [9.17, 15) is 0 Å². The van der Waals surface area contributed by atoms with E-state index < -0.39 is 0 Å².